The van der Waals surface area contributed by atoms with Gasteiger partial charge in [0, 0.05) is 24.3 Å². The van der Waals surface area contributed by atoms with Gasteiger partial charge in [-0.25, -0.2) is 0 Å². The van der Waals surface area contributed by atoms with E-state index in [1.165, 1.54) is 56.0 Å². The topological polar surface area (TPSA) is 369 Å². The predicted octanol–water partition coefficient (Wildman–Crippen LogP) is 0.824. The Morgan fingerprint density at radius 3 is 0.886 bits per heavy atom. The molecule has 0 saturated heterocycles. The maximum Gasteiger partial charge on any atom is 2.00 e. The van der Waals surface area contributed by atoms with Crippen LogP contribution in [-0.2, 0) is 51.2 Å². The minimum Gasteiger partial charge on any atom is -0.618 e. The molecule has 0 spiro atoms. The molecule has 0 fully saturated rings. The molecule has 0 N–H and O–H groups in total. The maximum absolute atomic E-state index is 10.6. The Morgan fingerprint density at radius 1 is 0.571 bits per heavy atom. The van der Waals surface area contributed by atoms with Crippen molar-refractivity contribution in [1.29, 1.82) is 0 Å². The van der Waals surface area contributed by atoms with E-state index in [0.29, 0.717) is 0 Å². The fourth-order valence-electron chi connectivity index (χ4n) is 1.17. The van der Waals surface area contributed by atoms with Crippen LogP contribution >= 0.6 is 0 Å². The molecule has 23 heteroatoms. The Bertz CT molecular complexity index is 883. The van der Waals surface area contributed by atoms with Gasteiger partial charge in [-0.15, -0.1) is 0 Å². The van der Waals surface area contributed by atoms with Crippen LogP contribution in [0.15, 0.2) is 48.8 Å². The molecule has 0 atom stereocenters. The quantitative estimate of drug-likeness (QED) is 0.115. The van der Waals surface area contributed by atoms with Crippen molar-refractivity contribution in [3.63, 3.8) is 0 Å². The van der Waals surface area contributed by atoms with Gasteiger partial charge in [0.1, 0.15) is 11.9 Å². The molecule has 0 unspecified atom stereocenters. The molecule has 0 aromatic carbocycles. The summed E-state index contributed by atoms with van der Waals surface area (Å²) in [5.41, 5.74) is 53.3. The average molecular weight is 635 g/mol. The first-order valence-corrected chi connectivity index (χ1v) is 6.82. The second-order valence-electron chi connectivity index (χ2n) is 3.76. The van der Waals surface area contributed by atoms with Crippen molar-refractivity contribution in [1.82, 2.24) is 0 Å². The van der Waals surface area contributed by atoms with Crippen LogP contribution in [0.4, 0.5) is 0 Å². The minimum absolute atomic E-state index is 0. The van der Waals surface area contributed by atoms with Crippen LogP contribution in [0.3, 0.4) is 0 Å². The van der Waals surface area contributed by atoms with Gasteiger partial charge in [0.15, 0.2) is 12.4 Å². The maximum atomic E-state index is 10.6. The smallest absolute Gasteiger partial charge is 0.618 e. The summed E-state index contributed by atoms with van der Waals surface area (Å²) in [5.74, 6) is -2.92. The summed E-state index contributed by atoms with van der Waals surface area (Å²) in [4.78, 5) is 26.2. The van der Waals surface area contributed by atoms with Crippen molar-refractivity contribution in [2.24, 2.45) is 0 Å². The molecular formula is C12H8Cu3N14O6. The minimum atomic E-state index is -1.46. The first-order valence-electron chi connectivity index (χ1n) is 6.82. The molecule has 0 amide bonds. The molecule has 2 rings (SSSR count). The third kappa shape index (κ3) is 34.4. The molecule has 20 nitrogen and oxygen atoms in total. The summed E-state index contributed by atoms with van der Waals surface area (Å²) in [6.07, 6.45) is 2.20. The molecular weight excluding hydrogens is 627 g/mol. The molecule has 2 aromatic rings. The van der Waals surface area contributed by atoms with E-state index in [1.54, 1.807) is 0 Å². The summed E-state index contributed by atoms with van der Waals surface area (Å²) in [5, 5.41) is 41.3. The normalized spacial score (nSPS) is 6.17. The number of carboxylic acid groups (broad SMARTS) is 2. The third-order valence-corrected chi connectivity index (χ3v) is 2.07. The Hall–Kier alpha value is -4.36. The van der Waals surface area contributed by atoms with Crippen molar-refractivity contribution in [3.05, 3.63) is 134 Å². The van der Waals surface area contributed by atoms with E-state index < -0.39 is 11.9 Å². The van der Waals surface area contributed by atoms with Crippen LogP contribution in [0.1, 0.15) is 21.0 Å². The SMILES string of the molecule is O=C([O-])c1cccc[n+]1[O-].O=C([O-])c1cccc[n+]1[O-].[Cu+2].[Cu+2].[Cu+2].[N-]=[N+]=[N-].[N-]=[N+]=[N-].[N-]=[N+]=[N-].[N-]=[N+]=[N-]. The van der Waals surface area contributed by atoms with Gasteiger partial charge in [0.05, 0.1) is 0 Å². The third-order valence-electron chi connectivity index (χ3n) is 2.07. The number of aromatic carboxylic acids is 2. The van der Waals surface area contributed by atoms with Crippen molar-refractivity contribution in [2.45, 2.75) is 0 Å². The van der Waals surface area contributed by atoms with E-state index in [-0.39, 0.29) is 72.1 Å². The summed E-state index contributed by atoms with van der Waals surface area (Å²) in [7, 11) is 0. The van der Waals surface area contributed by atoms with Gasteiger partial charge in [0.2, 0.25) is 11.4 Å². The molecule has 195 valence electrons. The molecule has 2 heterocycles. The standard InChI is InChI=1S/2C6H5NO3.3Cu.4N3/c2*8-6(9)5-3-1-2-4-7(5)10;;;;4*1-3-2/h2*1-4H,(H,8,9);;;;;;;/q;;3*+2;4*-1/p-2. The molecule has 0 aliphatic heterocycles. The van der Waals surface area contributed by atoms with Crippen molar-refractivity contribution in [2.75, 3.05) is 0 Å². The summed E-state index contributed by atoms with van der Waals surface area (Å²) in [6.45, 7) is 0. The molecule has 2 aromatic heterocycles. The van der Waals surface area contributed by atoms with Crippen molar-refractivity contribution >= 4 is 11.9 Å². The zero-order chi connectivity index (χ0) is 25.9. The second kappa shape index (κ2) is 37.0. The van der Waals surface area contributed by atoms with Gasteiger partial charge >= 0.3 is 51.2 Å². The Labute approximate surface area is 226 Å². The van der Waals surface area contributed by atoms with Gasteiger partial charge in [0.25, 0.3) is 0 Å². The molecule has 0 aliphatic carbocycles. The number of hydrogen-bond donors (Lipinski definition) is 0. The van der Waals surface area contributed by atoms with E-state index in [9.17, 15) is 30.2 Å². The summed E-state index contributed by atoms with van der Waals surface area (Å²) < 4.78 is 0.491. The molecule has 35 heavy (non-hydrogen) atoms. The number of carboxylic acids is 2. The summed E-state index contributed by atoms with van der Waals surface area (Å²) in [6, 6.07) is 8.17. The molecule has 0 saturated carbocycles. The first kappa shape index (κ1) is 48.2. The van der Waals surface area contributed by atoms with Gasteiger partial charge in [-0.2, -0.15) is 9.46 Å². The van der Waals surface area contributed by atoms with E-state index in [2.05, 4.69) is 0 Å². The monoisotopic (exact) mass is 633 g/mol. The van der Waals surface area contributed by atoms with Crippen LogP contribution in [-0.4, -0.2) is 11.9 Å². The number of carbonyl (C=O) groups is 2. The largest absolute Gasteiger partial charge is 2.00 e. The van der Waals surface area contributed by atoms with Gasteiger partial charge in [-0.1, -0.05) is 0 Å². The Morgan fingerprint density at radius 2 is 0.771 bits per heavy atom. The van der Waals surface area contributed by atoms with Crippen LogP contribution in [0, 0.1) is 10.4 Å². The van der Waals surface area contributed by atoms with Crippen LogP contribution in [0.5, 0.6) is 0 Å². The zero-order valence-electron chi connectivity index (χ0n) is 16.2. The van der Waals surface area contributed by atoms with Gasteiger partial charge in [-0.3, -0.25) is 19.6 Å². The fraction of sp³-hybridized carbons (Fsp3) is 0. The summed E-state index contributed by atoms with van der Waals surface area (Å²) >= 11 is 0. The van der Waals surface area contributed by atoms with Crippen LogP contribution in [0.2, 0.25) is 0 Å². The Kier molecular flexibility index (Phi) is 50.9. The van der Waals surface area contributed by atoms with Crippen LogP contribution < -0.4 is 19.7 Å². The van der Waals surface area contributed by atoms with Crippen molar-refractivity contribution < 1.29 is 80.5 Å². The van der Waals surface area contributed by atoms with E-state index in [0.717, 1.165) is 12.4 Å². The van der Waals surface area contributed by atoms with E-state index in [4.69, 9.17) is 44.2 Å². The van der Waals surface area contributed by atoms with Gasteiger partial charge in [-0.05, 0) is 12.1 Å². The molecule has 3 radical (unpaired) electrons. The number of carbonyl (C=O) groups excluding carboxylic acids is 2. The predicted molar refractivity (Wildman–Crippen MR) is 99.8 cm³/mol. The average Bonchev–Trinajstić information content (AvgIpc) is 2.71. The molecule has 0 bridgehead atoms. The van der Waals surface area contributed by atoms with E-state index >= 15 is 0 Å². The number of pyridine rings is 2. The number of nitrogens with zero attached hydrogens (tertiary/aromatic N) is 14. The first-order chi connectivity index (χ1) is 15.1. The number of aromatic nitrogens is 2. The van der Waals surface area contributed by atoms with Crippen LogP contribution in [0.25, 0.3) is 63.9 Å². The number of rotatable bonds is 2. The Balaban J connectivity index is -0.0000000588. The van der Waals surface area contributed by atoms with E-state index in [1.807, 2.05) is 0 Å². The number of hydrogen-bond acceptors (Lipinski definition) is 6. The fourth-order valence-corrected chi connectivity index (χ4v) is 1.17. The van der Waals surface area contributed by atoms with Crippen molar-refractivity contribution in [3.8, 4) is 0 Å². The zero-order valence-corrected chi connectivity index (χ0v) is 19.1. The molecule has 0 aliphatic rings. The second-order valence-corrected chi connectivity index (χ2v) is 3.76. The van der Waals surface area contributed by atoms with Gasteiger partial charge < -0.3 is 74.5 Å².